The third-order valence-corrected chi connectivity index (χ3v) is 4.35. The van der Waals surface area contributed by atoms with Gasteiger partial charge in [0, 0.05) is 12.5 Å². The second-order valence-electron chi connectivity index (χ2n) is 3.87. The number of halogens is 1. The van der Waals surface area contributed by atoms with Crippen LogP contribution in [-0.2, 0) is 6.42 Å². The van der Waals surface area contributed by atoms with Crippen molar-refractivity contribution in [2.45, 2.75) is 19.4 Å². The average molecular weight is 285 g/mol. The van der Waals surface area contributed by atoms with E-state index in [1.807, 2.05) is 12.3 Å². The fraction of sp³-hybridized carbons (Fsp3) is 0.333. The third-order valence-electron chi connectivity index (χ3n) is 2.54. The topological polar surface area (TPSA) is 55.2 Å². The zero-order valence-electron chi connectivity index (χ0n) is 10.1. The molecular formula is C12H13ClN2O2S. The molecule has 4 nitrogen and oxygen atoms in total. The fourth-order valence-corrected chi connectivity index (χ4v) is 2.87. The van der Waals surface area contributed by atoms with Crippen LogP contribution < -0.4 is 4.74 Å². The molecule has 2 aromatic heterocycles. The van der Waals surface area contributed by atoms with E-state index in [0.717, 1.165) is 16.1 Å². The molecule has 1 unspecified atom stereocenters. The van der Waals surface area contributed by atoms with Gasteiger partial charge in [-0.1, -0.05) is 11.6 Å². The van der Waals surface area contributed by atoms with Crippen LogP contribution in [0.15, 0.2) is 17.8 Å². The number of thiophene rings is 1. The summed E-state index contributed by atoms with van der Waals surface area (Å²) in [5.41, 5.74) is 1.70. The first-order valence-electron chi connectivity index (χ1n) is 5.38. The van der Waals surface area contributed by atoms with E-state index in [2.05, 4.69) is 9.97 Å². The maximum atomic E-state index is 10.2. The van der Waals surface area contributed by atoms with Crippen molar-refractivity contribution in [3.8, 4) is 5.88 Å². The highest BCUT2D eigenvalue weighted by Crippen LogP contribution is 2.33. The summed E-state index contributed by atoms with van der Waals surface area (Å²) in [4.78, 5) is 8.79. The van der Waals surface area contributed by atoms with E-state index in [0.29, 0.717) is 17.3 Å². The van der Waals surface area contributed by atoms with E-state index in [4.69, 9.17) is 16.3 Å². The highest BCUT2D eigenvalue weighted by molar-refractivity contribution is 7.10. The van der Waals surface area contributed by atoms with E-state index >= 15 is 0 Å². The van der Waals surface area contributed by atoms with Crippen molar-refractivity contribution < 1.29 is 9.84 Å². The molecule has 0 radical (unpaired) electrons. The minimum Gasteiger partial charge on any atom is -0.481 e. The van der Waals surface area contributed by atoms with E-state index in [1.165, 1.54) is 17.7 Å². The van der Waals surface area contributed by atoms with Crippen molar-refractivity contribution in [3.63, 3.8) is 0 Å². The van der Waals surface area contributed by atoms with Gasteiger partial charge >= 0.3 is 0 Å². The zero-order chi connectivity index (χ0) is 13.1. The first-order chi connectivity index (χ1) is 8.61. The number of hydrogen-bond acceptors (Lipinski definition) is 5. The number of aromatic nitrogens is 2. The number of methoxy groups -OCH3 is 1. The SMILES string of the molecule is COc1cc(CC(O)c2scc(C)c2Cl)ncn1. The Hall–Kier alpha value is -1.17. The Morgan fingerprint density at radius 1 is 1.50 bits per heavy atom. The molecular weight excluding hydrogens is 272 g/mol. The van der Waals surface area contributed by atoms with Crippen molar-refractivity contribution in [3.05, 3.63) is 38.9 Å². The van der Waals surface area contributed by atoms with Gasteiger partial charge in [-0.15, -0.1) is 11.3 Å². The van der Waals surface area contributed by atoms with Gasteiger partial charge in [0.2, 0.25) is 5.88 Å². The third kappa shape index (κ3) is 2.80. The lowest BCUT2D eigenvalue weighted by Gasteiger charge is -2.09. The molecule has 0 saturated carbocycles. The standard InChI is InChI=1S/C12H13ClN2O2S/c1-7-5-18-12(11(7)13)9(16)3-8-4-10(17-2)15-6-14-8/h4-6,9,16H,3H2,1-2H3. The summed E-state index contributed by atoms with van der Waals surface area (Å²) in [6.45, 7) is 1.92. The van der Waals surface area contributed by atoms with Crippen molar-refractivity contribution in [2.75, 3.05) is 7.11 Å². The fourth-order valence-electron chi connectivity index (χ4n) is 1.57. The van der Waals surface area contributed by atoms with E-state index < -0.39 is 6.10 Å². The maximum Gasteiger partial charge on any atom is 0.216 e. The number of ether oxygens (including phenoxy) is 1. The number of nitrogens with zero attached hydrogens (tertiary/aromatic N) is 2. The Bertz CT molecular complexity index is 545. The number of hydrogen-bond donors (Lipinski definition) is 1. The minimum atomic E-state index is -0.657. The highest BCUT2D eigenvalue weighted by atomic mass is 35.5. The summed E-state index contributed by atoms with van der Waals surface area (Å²) in [6.07, 6.45) is 1.15. The summed E-state index contributed by atoms with van der Waals surface area (Å²) in [5, 5.41) is 12.7. The second-order valence-corrected chi connectivity index (χ2v) is 5.16. The highest BCUT2D eigenvalue weighted by Gasteiger charge is 2.16. The molecule has 6 heteroatoms. The van der Waals surface area contributed by atoms with Crippen molar-refractivity contribution in [1.82, 2.24) is 9.97 Å². The summed E-state index contributed by atoms with van der Waals surface area (Å²) in [5.74, 6) is 0.487. The van der Waals surface area contributed by atoms with Crippen LogP contribution in [0.3, 0.4) is 0 Å². The normalized spacial score (nSPS) is 12.4. The van der Waals surface area contributed by atoms with Crippen LogP contribution in [0.1, 0.15) is 22.2 Å². The van der Waals surface area contributed by atoms with Gasteiger partial charge in [0.25, 0.3) is 0 Å². The Morgan fingerprint density at radius 2 is 2.28 bits per heavy atom. The molecule has 2 heterocycles. The monoisotopic (exact) mass is 284 g/mol. The van der Waals surface area contributed by atoms with Gasteiger partial charge in [0.15, 0.2) is 0 Å². The lowest BCUT2D eigenvalue weighted by Crippen LogP contribution is -2.03. The van der Waals surface area contributed by atoms with Gasteiger partial charge in [-0.2, -0.15) is 0 Å². The molecule has 0 saturated heterocycles. The Labute approximate surface area is 114 Å². The molecule has 2 aromatic rings. The summed E-state index contributed by atoms with van der Waals surface area (Å²) in [6, 6.07) is 1.71. The number of aliphatic hydroxyl groups excluding tert-OH is 1. The summed E-state index contributed by atoms with van der Waals surface area (Å²) >= 11 is 7.58. The van der Waals surface area contributed by atoms with Gasteiger partial charge in [0.1, 0.15) is 6.33 Å². The lowest BCUT2D eigenvalue weighted by molar-refractivity contribution is 0.181. The molecule has 1 atom stereocenters. The van der Waals surface area contributed by atoms with E-state index in [1.54, 1.807) is 13.2 Å². The molecule has 0 aliphatic rings. The smallest absolute Gasteiger partial charge is 0.216 e. The number of aliphatic hydroxyl groups is 1. The molecule has 96 valence electrons. The largest absolute Gasteiger partial charge is 0.481 e. The van der Waals surface area contributed by atoms with Gasteiger partial charge < -0.3 is 9.84 Å². The predicted molar refractivity (Wildman–Crippen MR) is 71.3 cm³/mol. The van der Waals surface area contributed by atoms with Gasteiger partial charge in [-0.05, 0) is 17.9 Å². The van der Waals surface area contributed by atoms with Crippen LogP contribution in [0.25, 0.3) is 0 Å². The van der Waals surface area contributed by atoms with E-state index in [-0.39, 0.29) is 0 Å². The van der Waals surface area contributed by atoms with Gasteiger partial charge in [-0.25, -0.2) is 9.97 Å². The predicted octanol–water partition coefficient (Wildman–Crippen LogP) is 2.78. The van der Waals surface area contributed by atoms with Crippen LogP contribution in [-0.4, -0.2) is 22.2 Å². The summed E-state index contributed by atoms with van der Waals surface area (Å²) in [7, 11) is 1.54. The lowest BCUT2D eigenvalue weighted by atomic mass is 10.1. The molecule has 18 heavy (non-hydrogen) atoms. The molecule has 0 aromatic carbocycles. The maximum absolute atomic E-state index is 10.2. The molecule has 0 amide bonds. The number of aryl methyl sites for hydroxylation is 1. The first kappa shape index (κ1) is 13.3. The van der Waals surface area contributed by atoms with Crippen LogP contribution in [0.2, 0.25) is 5.02 Å². The quantitative estimate of drug-likeness (QED) is 0.938. The van der Waals surface area contributed by atoms with Gasteiger partial charge in [-0.3, -0.25) is 0 Å². The molecule has 0 spiro atoms. The Morgan fingerprint density at radius 3 is 2.89 bits per heavy atom. The molecule has 2 rings (SSSR count). The molecule has 0 aliphatic heterocycles. The van der Waals surface area contributed by atoms with Crippen LogP contribution >= 0.6 is 22.9 Å². The van der Waals surface area contributed by atoms with Crippen molar-refractivity contribution >= 4 is 22.9 Å². The zero-order valence-corrected chi connectivity index (χ0v) is 11.6. The van der Waals surface area contributed by atoms with Crippen molar-refractivity contribution in [2.24, 2.45) is 0 Å². The molecule has 0 aliphatic carbocycles. The average Bonchev–Trinajstić information content (AvgIpc) is 2.70. The van der Waals surface area contributed by atoms with Crippen LogP contribution in [0.5, 0.6) is 5.88 Å². The van der Waals surface area contributed by atoms with Crippen LogP contribution in [0.4, 0.5) is 0 Å². The Kier molecular flexibility index (Phi) is 4.16. The number of rotatable bonds is 4. The minimum absolute atomic E-state index is 0.387. The van der Waals surface area contributed by atoms with Crippen molar-refractivity contribution in [1.29, 1.82) is 0 Å². The molecule has 0 bridgehead atoms. The first-order valence-corrected chi connectivity index (χ1v) is 6.64. The molecule has 0 fully saturated rings. The Balaban J connectivity index is 2.15. The van der Waals surface area contributed by atoms with E-state index in [9.17, 15) is 5.11 Å². The second kappa shape index (κ2) is 5.65. The van der Waals surface area contributed by atoms with Crippen LogP contribution in [0, 0.1) is 6.92 Å². The van der Waals surface area contributed by atoms with Gasteiger partial charge in [0.05, 0.1) is 28.8 Å². The summed E-state index contributed by atoms with van der Waals surface area (Å²) < 4.78 is 5.01. The molecule has 1 N–H and O–H groups in total.